The molecule has 5 nitrogen and oxygen atoms in total. The molecule has 0 aromatic carbocycles. The Morgan fingerprint density at radius 2 is 1.94 bits per heavy atom. The van der Waals surface area contributed by atoms with E-state index >= 15 is 0 Å². The molecule has 0 bridgehead atoms. The fourth-order valence-corrected chi connectivity index (χ4v) is 2.11. The van der Waals surface area contributed by atoms with E-state index in [-0.39, 0.29) is 5.69 Å². The second-order valence-electron chi connectivity index (χ2n) is 4.40. The molecule has 0 saturated carbocycles. The lowest BCUT2D eigenvalue weighted by Crippen LogP contribution is -2.25. The Morgan fingerprint density at radius 3 is 2.50 bits per heavy atom. The fraction of sp³-hybridized carbons (Fsp3) is 0.615. The van der Waals surface area contributed by atoms with Crippen LogP contribution in [0.15, 0.2) is 12.1 Å². The van der Waals surface area contributed by atoms with Gasteiger partial charge < -0.3 is 9.64 Å². The molecule has 0 radical (unpaired) electrons. The summed E-state index contributed by atoms with van der Waals surface area (Å²) in [5, 5.41) is 8.06. The van der Waals surface area contributed by atoms with Gasteiger partial charge in [0.15, 0.2) is 11.5 Å². The third kappa shape index (κ3) is 3.18. The molecule has 5 heteroatoms. The Balaban J connectivity index is 2.04. The van der Waals surface area contributed by atoms with Crippen molar-refractivity contribution in [2.24, 2.45) is 0 Å². The van der Waals surface area contributed by atoms with E-state index in [0.29, 0.717) is 6.61 Å². The number of carbonyl (C=O) groups excluding carboxylic acids is 1. The maximum Gasteiger partial charge on any atom is 0.358 e. The summed E-state index contributed by atoms with van der Waals surface area (Å²) in [6.07, 6.45) is 4.96. The van der Waals surface area contributed by atoms with Gasteiger partial charge in [0.05, 0.1) is 6.61 Å². The number of ether oxygens (including phenoxy) is 1. The predicted molar refractivity (Wildman–Crippen MR) is 68.7 cm³/mol. The van der Waals surface area contributed by atoms with Crippen LogP contribution in [0, 0.1) is 0 Å². The van der Waals surface area contributed by atoms with E-state index < -0.39 is 5.97 Å². The van der Waals surface area contributed by atoms with Crippen molar-refractivity contribution in [2.45, 2.75) is 32.6 Å². The monoisotopic (exact) mass is 249 g/mol. The van der Waals surface area contributed by atoms with E-state index in [9.17, 15) is 4.79 Å². The summed E-state index contributed by atoms with van der Waals surface area (Å²) < 4.78 is 4.88. The van der Waals surface area contributed by atoms with E-state index in [1.54, 1.807) is 13.0 Å². The van der Waals surface area contributed by atoms with Crippen molar-refractivity contribution in [1.82, 2.24) is 10.2 Å². The first-order valence-electron chi connectivity index (χ1n) is 6.57. The zero-order valence-electron chi connectivity index (χ0n) is 10.8. The number of hydrogen-bond donors (Lipinski definition) is 0. The molecule has 0 atom stereocenters. The first-order chi connectivity index (χ1) is 8.81. The smallest absolute Gasteiger partial charge is 0.358 e. The molecule has 18 heavy (non-hydrogen) atoms. The fourth-order valence-electron chi connectivity index (χ4n) is 2.11. The van der Waals surface area contributed by atoms with Gasteiger partial charge >= 0.3 is 5.97 Å². The van der Waals surface area contributed by atoms with Crippen LogP contribution >= 0.6 is 0 Å². The summed E-state index contributed by atoms with van der Waals surface area (Å²) in [7, 11) is 0. The Morgan fingerprint density at radius 1 is 1.22 bits per heavy atom. The zero-order valence-corrected chi connectivity index (χ0v) is 10.8. The summed E-state index contributed by atoms with van der Waals surface area (Å²) in [4.78, 5) is 13.7. The van der Waals surface area contributed by atoms with Crippen LogP contribution in [0.1, 0.15) is 43.1 Å². The van der Waals surface area contributed by atoms with Gasteiger partial charge in [-0.2, -0.15) is 0 Å². The molecule has 98 valence electrons. The largest absolute Gasteiger partial charge is 0.461 e. The molecule has 1 aromatic heterocycles. The standard InChI is InChI=1S/C13H19N3O2/c1-2-18-13(17)11-7-8-12(15-14-11)16-9-5-3-4-6-10-16/h7-8H,2-6,9-10H2,1H3. The highest BCUT2D eigenvalue weighted by atomic mass is 16.5. The molecular weight excluding hydrogens is 230 g/mol. The highest BCUT2D eigenvalue weighted by Crippen LogP contribution is 2.16. The average Bonchev–Trinajstić information content (AvgIpc) is 2.68. The van der Waals surface area contributed by atoms with Crippen LogP contribution < -0.4 is 4.90 Å². The van der Waals surface area contributed by atoms with Crippen LogP contribution in [-0.2, 0) is 4.74 Å². The lowest BCUT2D eigenvalue weighted by Gasteiger charge is -2.20. The van der Waals surface area contributed by atoms with Gasteiger partial charge in [-0.05, 0) is 31.9 Å². The third-order valence-corrected chi connectivity index (χ3v) is 3.07. The molecule has 0 aliphatic carbocycles. The van der Waals surface area contributed by atoms with Crippen LogP contribution in [0.2, 0.25) is 0 Å². The second kappa shape index (κ2) is 6.33. The number of anilines is 1. The predicted octanol–water partition coefficient (Wildman–Crippen LogP) is 2.03. The Kier molecular flexibility index (Phi) is 4.50. The number of esters is 1. The lowest BCUT2D eigenvalue weighted by molar-refractivity contribution is 0.0518. The van der Waals surface area contributed by atoms with Crippen molar-refractivity contribution in [3.8, 4) is 0 Å². The highest BCUT2D eigenvalue weighted by molar-refractivity contribution is 5.87. The van der Waals surface area contributed by atoms with Gasteiger partial charge in [-0.1, -0.05) is 12.8 Å². The first-order valence-corrected chi connectivity index (χ1v) is 6.57. The normalized spacial score (nSPS) is 16.2. The number of rotatable bonds is 3. The third-order valence-electron chi connectivity index (χ3n) is 3.07. The Hall–Kier alpha value is -1.65. The molecule has 0 spiro atoms. The second-order valence-corrected chi connectivity index (χ2v) is 4.40. The molecule has 1 aliphatic rings. The van der Waals surface area contributed by atoms with Gasteiger partial charge in [0.1, 0.15) is 0 Å². The highest BCUT2D eigenvalue weighted by Gasteiger charge is 2.13. The van der Waals surface area contributed by atoms with Crippen molar-refractivity contribution in [1.29, 1.82) is 0 Å². The summed E-state index contributed by atoms with van der Waals surface area (Å²) in [6.45, 7) is 4.17. The molecular formula is C13H19N3O2. The number of nitrogens with zero attached hydrogens (tertiary/aromatic N) is 3. The zero-order chi connectivity index (χ0) is 12.8. The molecule has 1 saturated heterocycles. The molecule has 1 aliphatic heterocycles. The molecule has 0 amide bonds. The minimum absolute atomic E-state index is 0.274. The minimum Gasteiger partial charge on any atom is -0.461 e. The van der Waals surface area contributed by atoms with Gasteiger partial charge in [0, 0.05) is 13.1 Å². The molecule has 0 N–H and O–H groups in total. The van der Waals surface area contributed by atoms with Crippen molar-refractivity contribution in [3.05, 3.63) is 17.8 Å². The van der Waals surface area contributed by atoms with Crippen molar-refractivity contribution in [3.63, 3.8) is 0 Å². The maximum atomic E-state index is 11.4. The number of hydrogen-bond acceptors (Lipinski definition) is 5. The number of carbonyl (C=O) groups is 1. The summed E-state index contributed by atoms with van der Waals surface area (Å²) in [5.74, 6) is 0.442. The SMILES string of the molecule is CCOC(=O)c1ccc(N2CCCCCC2)nn1. The molecule has 0 unspecified atom stereocenters. The topological polar surface area (TPSA) is 55.3 Å². The van der Waals surface area contributed by atoms with E-state index in [1.165, 1.54) is 25.7 Å². The first kappa shape index (κ1) is 12.8. The van der Waals surface area contributed by atoms with E-state index in [0.717, 1.165) is 18.9 Å². The summed E-state index contributed by atoms with van der Waals surface area (Å²) >= 11 is 0. The average molecular weight is 249 g/mol. The van der Waals surface area contributed by atoms with Gasteiger partial charge in [0.25, 0.3) is 0 Å². The maximum absolute atomic E-state index is 11.4. The van der Waals surface area contributed by atoms with Gasteiger partial charge in [-0.3, -0.25) is 0 Å². The van der Waals surface area contributed by atoms with Crippen molar-refractivity contribution in [2.75, 3.05) is 24.6 Å². The van der Waals surface area contributed by atoms with Crippen LogP contribution in [-0.4, -0.2) is 35.9 Å². The van der Waals surface area contributed by atoms with Crippen LogP contribution in [0.5, 0.6) is 0 Å². The van der Waals surface area contributed by atoms with Gasteiger partial charge in [-0.15, -0.1) is 10.2 Å². The van der Waals surface area contributed by atoms with Gasteiger partial charge in [0.2, 0.25) is 0 Å². The van der Waals surface area contributed by atoms with E-state index in [1.807, 2.05) is 6.07 Å². The summed E-state index contributed by atoms with van der Waals surface area (Å²) in [6, 6.07) is 3.54. The van der Waals surface area contributed by atoms with Crippen molar-refractivity contribution < 1.29 is 9.53 Å². The molecule has 2 heterocycles. The molecule has 2 rings (SSSR count). The lowest BCUT2D eigenvalue weighted by atomic mass is 10.2. The Bertz CT molecular complexity index is 384. The van der Waals surface area contributed by atoms with E-state index in [2.05, 4.69) is 15.1 Å². The number of aromatic nitrogens is 2. The minimum atomic E-state index is -0.410. The van der Waals surface area contributed by atoms with Gasteiger partial charge in [-0.25, -0.2) is 4.79 Å². The quantitative estimate of drug-likeness (QED) is 0.767. The summed E-state index contributed by atoms with van der Waals surface area (Å²) in [5.41, 5.74) is 0.274. The molecule has 1 fully saturated rings. The molecule has 1 aromatic rings. The Labute approximate surface area is 107 Å². The van der Waals surface area contributed by atoms with Crippen LogP contribution in [0.25, 0.3) is 0 Å². The van der Waals surface area contributed by atoms with Crippen LogP contribution in [0.4, 0.5) is 5.82 Å². The van der Waals surface area contributed by atoms with E-state index in [4.69, 9.17) is 4.74 Å². The van der Waals surface area contributed by atoms with Crippen molar-refractivity contribution >= 4 is 11.8 Å². The van der Waals surface area contributed by atoms with Crippen LogP contribution in [0.3, 0.4) is 0 Å².